The number of hydrogen-bond donors (Lipinski definition) is 0. The summed E-state index contributed by atoms with van der Waals surface area (Å²) in [5, 5.41) is 1.90. The molecule has 3 nitrogen and oxygen atoms in total. The van der Waals surface area contributed by atoms with Crippen molar-refractivity contribution in [1.29, 1.82) is 0 Å². The van der Waals surface area contributed by atoms with Gasteiger partial charge in [0.25, 0.3) is 5.91 Å². The van der Waals surface area contributed by atoms with Crippen molar-refractivity contribution in [3.05, 3.63) is 83.4 Å². The highest BCUT2D eigenvalue weighted by atomic mass is 19.1. The summed E-state index contributed by atoms with van der Waals surface area (Å²) in [5.74, 6) is -2.21. The van der Waals surface area contributed by atoms with Crippen molar-refractivity contribution in [2.45, 2.75) is 12.8 Å². The average molecular weight is 379 g/mol. The molecule has 142 valence electrons. The van der Waals surface area contributed by atoms with Gasteiger partial charge in [-0.25, -0.2) is 8.78 Å². The van der Waals surface area contributed by atoms with E-state index in [1.807, 2.05) is 42.5 Å². The Hall–Kier alpha value is -3.08. The number of ketones is 1. The van der Waals surface area contributed by atoms with Crippen LogP contribution in [0.2, 0.25) is 0 Å². The SMILES string of the molecule is O=C(c1cc(F)ccc1F)C1CCN(C(=O)c2cccc3ccccc23)CC1. The number of hydrogen-bond acceptors (Lipinski definition) is 2. The van der Waals surface area contributed by atoms with Crippen molar-refractivity contribution < 1.29 is 18.4 Å². The fourth-order valence-corrected chi connectivity index (χ4v) is 3.83. The van der Waals surface area contributed by atoms with E-state index < -0.39 is 23.3 Å². The monoisotopic (exact) mass is 379 g/mol. The molecule has 0 saturated carbocycles. The Morgan fingerprint density at radius 2 is 1.57 bits per heavy atom. The number of nitrogens with zero attached hydrogens (tertiary/aromatic N) is 1. The smallest absolute Gasteiger partial charge is 0.254 e. The van der Waals surface area contributed by atoms with E-state index in [1.165, 1.54) is 0 Å². The van der Waals surface area contributed by atoms with E-state index in [9.17, 15) is 18.4 Å². The minimum atomic E-state index is -0.708. The van der Waals surface area contributed by atoms with Crippen LogP contribution in [0.1, 0.15) is 33.6 Å². The third kappa shape index (κ3) is 3.40. The van der Waals surface area contributed by atoms with Crippen molar-refractivity contribution in [3.8, 4) is 0 Å². The van der Waals surface area contributed by atoms with Crippen LogP contribution in [0.3, 0.4) is 0 Å². The summed E-state index contributed by atoms with van der Waals surface area (Å²) in [5.41, 5.74) is 0.429. The summed E-state index contributed by atoms with van der Waals surface area (Å²) < 4.78 is 27.3. The summed E-state index contributed by atoms with van der Waals surface area (Å²) in [6, 6.07) is 16.3. The van der Waals surface area contributed by atoms with Crippen molar-refractivity contribution in [1.82, 2.24) is 4.90 Å². The van der Waals surface area contributed by atoms with E-state index in [2.05, 4.69) is 0 Å². The van der Waals surface area contributed by atoms with Gasteiger partial charge in [0.15, 0.2) is 5.78 Å². The first kappa shape index (κ1) is 18.3. The Bertz CT molecular complexity index is 1050. The highest BCUT2D eigenvalue weighted by molar-refractivity contribution is 6.07. The molecule has 0 radical (unpaired) electrons. The molecular formula is C23H19F2NO2. The minimum Gasteiger partial charge on any atom is -0.339 e. The number of halogens is 2. The second kappa shape index (κ2) is 7.50. The molecule has 0 aromatic heterocycles. The van der Waals surface area contributed by atoms with Gasteiger partial charge in [0.2, 0.25) is 0 Å². The predicted octanol–water partition coefficient (Wildman–Crippen LogP) is 4.85. The van der Waals surface area contributed by atoms with Crippen LogP contribution in [0.15, 0.2) is 60.7 Å². The molecule has 0 unspecified atom stereocenters. The van der Waals surface area contributed by atoms with E-state index in [-0.39, 0.29) is 11.5 Å². The minimum absolute atomic E-state index is 0.0698. The molecule has 3 aromatic rings. The van der Waals surface area contributed by atoms with E-state index in [4.69, 9.17) is 0 Å². The predicted molar refractivity (Wildman–Crippen MR) is 103 cm³/mol. The van der Waals surface area contributed by atoms with E-state index in [0.717, 1.165) is 29.0 Å². The molecule has 1 heterocycles. The lowest BCUT2D eigenvalue weighted by atomic mass is 9.88. The molecule has 1 amide bonds. The van der Waals surface area contributed by atoms with Crippen LogP contribution in [-0.4, -0.2) is 29.7 Å². The Kier molecular flexibility index (Phi) is 4.90. The van der Waals surface area contributed by atoms with E-state index >= 15 is 0 Å². The standard InChI is InChI=1S/C23H19F2NO2/c24-17-8-9-21(25)20(14-17)22(27)16-10-12-26(13-11-16)23(28)19-7-3-5-15-4-1-2-6-18(15)19/h1-9,14,16H,10-13H2. The van der Waals surface area contributed by atoms with E-state index in [0.29, 0.717) is 31.5 Å². The summed E-state index contributed by atoms with van der Waals surface area (Å²) >= 11 is 0. The molecule has 5 heteroatoms. The lowest BCUT2D eigenvalue weighted by molar-refractivity contribution is 0.0650. The van der Waals surface area contributed by atoms with Gasteiger partial charge >= 0.3 is 0 Å². The normalized spacial score (nSPS) is 15.0. The van der Waals surface area contributed by atoms with Crippen LogP contribution in [0.4, 0.5) is 8.78 Å². The van der Waals surface area contributed by atoms with Crippen LogP contribution in [0.25, 0.3) is 10.8 Å². The molecule has 0 bridgehead atoms. The second-order valence-electron chi connectivity index (χ2n) is 7.08. The van der Waals surface area contributed by atoms with Crippen LogP contribution in [0, 0.1) is 17.6 Å². The third-order valence-corrected chi connectivity index (χ3v) is 5.37. The topological polar surface area (TPSA) is 37.4 Å². The van der Waals surface area contributed by atoms with Gasteiger partial charge in [-0.15, -0.1) is 0 Å². The molecule has 0 spiro atoms. The lowest BCUT2D eigenvalue weighted by Crippen LogP contribution is -2.40. The molecule has 1 fully saturated rings. The van der Waals surface area contributed by atoms with Gasteiger partial charge in [0, 0.05) is 24.6 Å². The van der Waals surface area contributed by atoms with Crippen molar-refractivity contribution in [2.24, 2.45) is 5.92 Å². The Morgan fingerprint density at radius 3 is 2.36 bits per heavy atom. The zero-order chi connectivity index (χ0) is 19.7. The van der Waals surface area contributed by atoms with Gasteiger partial charge in [0.1, 0.15) is 11.6 Å². The van der Waals surface area contributed by atoms with E-state index in [1.54, 1.807) is 4.90 Å². The van der Waals surface area contributed by atoms with Crippen LogP contribution < -0.4 is 0 Å². The van der Waals surface area contributed by atoms with Gasteiger partial charge < -0.3 is 4.90 Å². The van der Waals surface area contributed by atoms with Crippen molar-refractivity contribution >= 4 is 22.5 Å². The number of likely N-dealkylation sites (tertiary alicyclic amines) is 1. The number of benzene rings is 3. The summed E-state index contributed by atoms with van der Waals surface area (Å²) in [6.45, 7) is 0.824. The fraction of sp³-hybridized carbons (Fsp3) is 0.217. The maximum absolute atomic E-state index is 13.9. The lowest BCUT2D eigenvalue weighted by Gasteiger charge is -2.31. The van der Waals surface area contributed by atoms with Gasteiger partial charge in [-0.2, -0.15) is 0 Å². The Labute approximate surface area is 161 Å². The maximum atomic E-state index is 13.9. The zero-order valence-corrected chi connectivity index (χ0v) is 15.2. The fourth-order valence-electron chi connectivity index (χ4n) is 3.83. The highest BCUT2D eigenvalue weighted by Crippen LogP contribution is 2.26. The molecule has 1 aliphatic rings. The second-order valence-corrected chi connectivity index (χ2v) is 7.08. The number of piperidine rings is 1. The molecule has 0 N–H and O–H groups in total. The highest BCUT2D eigenvalue weighted by Gasteiger charge is 2.30. The number of fused-ring (bicyclic) bond motifs is 1. The summed E-state index contributed by atoms with van der Waals surface area (Å²) in [4.78, 5) is 27.3. The maximum Gasteiger partial charge on any atom is 0.254 e. The van der Waals surface area contributed by atoms with Crippen LogP contribution in [-0.2, 0) is 0 Å². The van der Waals surface area contributed by atoms with Crippen molar-refractivity contribution in [2.75, 3.05) is 13.1 Å². The van der Waals surface area contributed by atoms with Crippen molar-refractivity contribution in [3.63, 3.8) is 0 Å². The first-order valence-corrected chi connectivity index (χ1v) is 9.31. The number of Topliss-reactive ketones (excluding diaryl/α,β-unsaturated/α-hetero) is 1. The number of carbonyl (C=O) groups is 2. The Balaban J connectivity index is 1.49. The third-order valence-electron chi connectivity index (χ3n) is 5.37. The summed E-state index contributed by atoms with van der Waals surface area (Å²) in [6.07, 6.45) is 0.872. The molecular weight excluding hydrogens is 360 g/mol. The average Bonchev–Trinajstić information content (AvgIpc) is 2.74. The zero-order valence-electron chi connectivity index (χ0n) is 15.2. The quantitative estimate of drug-likeness (QED) is 0.610. The number of carbonyl (C=O) groups excluding carboxylic acids is 2. The van der Waals surface area contributed by atoms with Gasteiger partial charge in [-0.1, -0.05) is 36.4 Å². The Morgan fingerprint density at radius 1 is 0.857 bits per heavy atom. The van der Waals surface area contributed by atoms with Gasteiger partial charge in [-0.3, -0.25) is 9.59 Å². The molecule has 1 saturated heterocycles. The van der Waals surface area contributed by atoms with Gasteiger partial charge in [-0.05, 0) is 47.9 Å². The van der Waals surface area contributed by atoms with Gasteiger partial charge in [0.05, 0.1) is 5.56 Å². The first-order chi connectivity index (χ1) is 13.5. The number of amides is 1. The molecule has 28 heavy (non-hydrogen) atoms. The molecule has 3 aromatic carbocycles. The molecule has 0 aliphatic carbocycles. The first-order valence-electron chi connectivity index (χ1n) is 9.31. The molecule has 0 atom stereocenters. The number of rotatable bonds is 3. The van der Waals surface area contributed by atoms with Crippen LogP contribution >= 0.6 is 0 Å². The molecule has 4 rings (SSSR count). The molecule has 1 aliphatic heterocycles. The summed E-state index contributed by atoms with van der Waals surface area (Å²) in [7, 11) is 0. The largest absolute Gasteiger partial charge is 0.339 e. The van der Waals surface area contributed by atoms with Crippen LogP contribution in [0.5, 0.6) is 0 Å².